The van der Waals surface area contributed by atoms with E-state index < -0.39 is 17.3 Å². The largest absolute Gasteiger partial charge is 0.417 e. The third-order valence-corrected chi connectivity index (χ3v) is 3.94. The lowest BCUT2D eigenvalue weighted by atomic mass is 9.96. The van der Waals surface area contributed by atoms with Crippen LogP contribution in [0.1, 0.15) is 30.9 Å². The van der Waals surface area contributed by atoms with E-state index in [0.717, 1.165) is 18.9 Å². The fourth-order valence-corrected chi connectivity index (χ4v) is 2.81. The van der Waals surface area contributed by atoms with Crippen LogP contribution in [-0.2, 0) is 11.0 Å². The molecule has 1 unspecified atom stereocenters. The Balaban J connectivity index is 2.22. The van der Waals surface area contributed by atoms with Crippen molar-refractivity contribution in [1.82, 2.24) is 5.32 Å². The van der Waals surface area contributed by atoms with E-state index in [-0.39, 0.29) is 11.8 Å². The van der Waals surface area contributed by atoms with Crippen molar-refractivity contribution in [2.45, 2.75) is 25.9 Å². The molecule has 23 heavy (non-hydrogen) atoms. The van der Waals surface area contributed by atoms with E-state index in [4.69, 9.17) is 5.26 Å². The highest BCUT2D eigenvalue weighted by molar-refractivity contribution is 5.79. The van der Waals surface area contributed by atoms with Gasteiger partial charge in [0.05, 0.1) is 23.1 Å². The number of carbonyl (C=O) groups excluding carboxylic acids is 1. The summed E-state index contributed by atoms with van der Waals surface area (Å²) in [6, 6.07) is 5.16. The van der Waals surface area contributed by atoms with E-state index in [1.165, 1.54) is 12.1 Å². The molecule has 4 nitrogen and oxygen atoms in total. The summed E-state index contributed by atoms with van der Waals surface area (Å²) in [5.41, 5.74) is -0.778. The van der Waals surface area contributed by atoms with Crippen LogP contribution in [0.2, 0.25) is 0 Å². The van der Waals surface area contributed by atoms with Crippen molar-refractivity contribution >= 4 is 11.6 Å². The molecule has 0 aromatic heterocycles. The molecule has 1 saturated heterocycles. The van der Waals surface area contributed by atoms with Crippen LogP contribution in [0, 0.1) is 17.2 Å². The van der Waals surface area contributed by atoms with Gasteiger partial charge in [0.25, 0.3) is 0 Å². The van der Waals surface area contributed by atoms with Crippen molar-refractivity contribution in [3.05, 3.63) is 29.3 Å². The predicted octanol–water partition coefficient (Wildman–Crippen LogP) is 2.93. The zero-order valence-electron chi connectivity index (χ0n) is 12.8. The average Bonchev–Trinajstić information content (AvgIpc) is 2.53. The summed E-state index contributed by atoms with van der Waals surface area (Å²) in [5, 5.41) is 11.8. The van der Waals surface area contributed by atoms with Gasteiger partial charge in [0.2, 0.25) is 5.91 Å². The number of nitrogens with one attached hydrogen (secondary N) is 1. The molecule has 0 bridgehead atoms. The van der Waals surface area contributed by atoms with Crippen molar-refractivity contribution in [2.75, 3.05) is 24.5 Å². The number of piperidine rings is 1. The lowest BCUT2D eigenvalue weighted by Crippen LogP contribution is -2.43. The van der Waals surface area contributed by atoms with E-state index in [9.17, 15) is 18.0 Å². The van der Waals surface area contributed by atoms with Crippen LogP contribution in [0.25, 0.3) is 0 Å². The number of nitriles is 1. The van der Waals surface area contributed by atoms with Crippen LogP contribution in [-0.4, -0.2) is 25.5 Å². The quantitative estimate of drug-likeness (QED) is 0.929. The van der Waals surface area contributed by atoms with Crippen molar-refractivity contribution < 1.29 is 18.0 Å². The summed E-state index contributed by atoms with van der Waals surface area (Å²) in [6.07, 6.45) is -3.01. The van der Waals surface area contributed by atoms with Gasteiger partial charge in [-0.25, -0.2) is 0 Å². The number of hydrogen-bond donors (Lipinski definition) is 1. The standard InChI is InChI=1S/C16H18F3N3O/c1-2-21-15(23)11-4-3-7-22(10-11)13-5-6-14(16(17,18)19)12(8-13)9-20/h5-6,8,11H,2-4,7,10H2,1H3,(H,21,23). The maximum Gasteiger partial charge on any atom is 0.417 e. The molecule has 124 valence electrons. The lowest BCUT2D eigenvalue weighted by molar-refractivity contribution is -0.137. The van der Waals surface area contributed by atoms with Crippen molar-refractivity contribution in [3.8, 4) is 6.07 Å². The van der Waals surface area contributed by atoms with Crippen LogP contribution in [0.4, 0.5) is 18.9 Å². The second-order valence-electron chi connectivity index (χ2n) is 5.52. The van der Waals surface area contributed by atoms with E-state index in [0.29, 0.717) is 25.3 Å². The highest BCUT2D eigenvalue weighted by Crippen LogP contribution is 2.34. The first kappa shape index (κ1) is 17.1. The van der Waals surface area contributed by atoms with Gasteiger partial charge in [-0.2, -0.15) is 18.4 Å². The number of amides is 1. The molecule has 1 N–H and O–H groups in total. The first-order valence-corrected chi connectivity index (χ1v) is 7.50. The minimum absolute atomic E-state index is 0.0374. The first-order chi connectivity index (χ1) is 10.9. The molecule has 1 heterocycles. The van der Waals surface area contributed by atoms with E-state index in [2.05, 4.69) is 5.32 Å². The summed E-state index contributed by atoms with van der Waals surface area (Å²) >= 11 is 0. The molecule has 1 aromatic rings. The van der Waals surface area contributed by atoms with Crippen molar-refractivity contribution in [1.29, 1.82) is 5.26 Å². The molecular formula is C16H18F3N3O. The Hall–Kier alpha value is -2.23. The Morgan fingerprint density at radius 3 is 2.83 bits per heavy atom. The molecule has 1 aliphatic heterocycles. The second kappa shape index (κ2) is 6.90. The van der Waals surface area contributed by atoms with E-state index >= 15 is 0 Å². The highest BCUT2D eigenvalue weighted by Gasteiger charge is 2.34. The maximum atomic E-state index is 12.8. The molecule has 1 fully saturated rings. The Morgan fingerprint density at radius 1 is 1.48 bits per heavy atom. The average molecular weight is 325 g/mol. The summed E-state index contributed by atoms with van der Waals surface area (Å²) in [5.74, 6) is -0.221. The van der Waals surface area contributed by atoms with Gasteiger partial charge in [-0.15, -0.1) is 0 Å². The van der Waals surface area contributed by atoms with Crippen LogP contribution in [0.3, 0.4) is 0 Å². The van der Waals surface area contributed by atoms with Gasteiger partial charge < -0.3 is 10.2 Å². The number of carbonyl (C=O) groups is 1. The second-order valence-corrected chi connectivity index (χ2v) is 5.52. The number of alkyl halides is 3. The Morgan fingerprint density at radius 2 is 2.22 bits per heavy atom. The summed E-state index contributed by atoms with van der Waals surface area (Å²) in [6.45, 7) is 3.50. The molecule has 2 rings (SSSR count). The maximum absolute atomic E-state index is 12.8. The van der Waals surface area contributed by atoms with Gasteiger partial charge in [0.15, 0.2) is 0 Å². The van der Waals surface area contributed by atoms with Crippen LogP contribution < -0.4 is 10.2 Å². The minimum atomic E-state index is -4.55. The molecule has 1 aromatic carbocycles. The molecule has 1 aliphatic rings. The summed E-state index contributed by atoms with van der Waals surface area (Å²) in [4.78, 5) is 13.8. The molecular weight excluding hydrogens is 307 g/mol. The molecule has 0 saturated carbocycles. The monoisotopic (exact) mass is 325 g/mol. The Kier molecular flexibility index (Phi) is 5.14. The number of nitrogens with zero attached hydrogens (tertiary/aromatic N) is 2. The summed E-state index contributed by atoms with van der Waals surface area (Å²) in [7, 11) is 0. The molecule has 0 spiro atoms. The number of anilines is 1. The number of halogens is 3. The van der Waals surface area contributed by atoms with Crippen molar-refractivity contribution in [3.63, 3.8) is 0 Å². The predicted molar refractivity (Wildman–Crippen MR) is 79.8 cm³/mol. The Labute approximate surface area is 132 Å². The molecule has 0 radical (unpaired) electrons. The van der Waals surface area contributed by atoms with Gasteiger partial charge in [0, 0.05) is 25.3 Å². The lowest BCUT2D eigenvalue weighted by Gasteiger charge is -2.34. The van der Waals surface area contributed by atoms with E-state index in [1.54, 1.807) is 6.07 Å². The fourth-order valence-electron chi connectivity index (χ4n) is 2.81. The molecule has 7 heteroatoms. The highest BCUT2D eigenvalue weighted by atomic mass is 19.4. The molecule has 1 atom stereocenters. The van der Waals surface area contributed by atoms with Gasteiger partial charge in [-0.1, -0.05) is 0 Å². The van der Waals surface area contributed by atoms with Crippen LogP contribution >= 0.6 is 0 Å². The van der Waals surface area contributed by atoms with E-state index in [1.807, 2.05) is 11.8 Å². The van der Waals surface area contributed by atoms with Gasteiger partial charge in [-0.05, 0) is 38.0 Å². The molecule has 1 amide bonds. The first-order valence-electron chi connectivity index (χ1n) is 7.50. The Bertz CT molecular complexity index is 622. The third-order valence-electron chi connectivity index (χ3n) is 3.94. The van der Waals surface area contributed by atoms with Gasteiger partial charge in [0.1, 0.15) is 0 Å². The molecule has 0 aliphatic carbocycles. The zero-order valence-corrected chi connectivity index (χ0v) is 12.8. The topological polar surface area (TPSA) is 56.1 Å². The van der Waals surface area contributed by atoms with Crippen LogP contribution in [0.15, 0.2) is 18.2 Å². The SMILES string of the molecule is CCNC(=O)C1CCCN(c2ccc(C(F)(F)F)c(C#N)c2)C1. The zero-order chi connectivity index (χ0) is 17.0. The van der Waals surface area contributed by atoms with Crippen molar-refractivity contribution in [2.24, 2.45) is 5.92 Å². The fraction of sp³-hybridized carbons (Fsp3) is 0.500. The smallest absolute Gasteiger partial charge is 0.371 e. The number of rotatable bonds is 3. The summed E-state index contributed by atoms with van der Waals surface area (Å²) < 4.78 is 38.5. The minimum Gasteiger partial charge on any atom is -0.371 e. The normalized spacial score (nSPS) is 18.4. The number of hydrogen-bond acceptors (Lipinski definition) is 3. The number of benzene rings is 1. The van der Waals surface area contributed by atoms with Crippen LogP contribution in [0.5, 0.6) is 0 Å². The van der Waals surface area contributed by atoms with Gasteiger partial charge in [-0.3, -0.25) is 4.79 Å². The third kappa shape index (κ3) is 3.95. The van der Waals surface area contributed by atoms with Gasteiger partial charge >= 0.3 is 6.18 Å².